The van der Waals surface area contributed by atoms with Crippen LogP contribution in [0.2, 0.25) is 0 Å². The second-order valence-corrected chi connectivity index (χ2v) is 5.91. The molecule has 1 atom stereocenters. The minimum absolute atomic E-state index is 0.306. The van der Waals surface area contributed by atoms with E-state index >= 15 is 0 Å². The Hall–Kier alpha value is -1.26. The minimum Gasteiger partial charge on any atom is -0.480 e. The second kappa shape index (κ2) is 4.94. The maximum Gasteiger partial charge on any atom is 0.326 e. The SMILES string of the molecule is CN(CC1CC1)C(=O)NC(C(=O)O)C(C)(C)C. The number of carbonyl (C=O) groups excluding carboxylic acids is 1. The van der Waals surface area contributed by atoms with Gasteiger partial charge in [-0.3, -0.25) is 0 Å². The van der Waals surface area contributed by atoms with Gasteiger partial charge in [0.2, 0.25) is 0 Å². The predicted octanol–water partition coefficient (Wildman–Crippen LogP) is 1.54. The Labute approximate surface area is 102 Å². The van der Waals surface area contributed by atoms with Gasteiger partial charge >= 0.3 is 12.0 Å². The lowest BCUT2D eigenvalue weighted by Gasteiger charge is -2.29. The number of carboxylic acids is 1. The van der Waals surface area contributed by atoms with Gasteiger partial charge in [-0.25, -0.2) is 9.59 Å². The Kier molecular flexibility index (Phi) is 4.01. The predicted molar refractivity (Wildman–Crippen MR) is 64.8 cm³/mol. The molecule has 0 bridgehead atoms. The molecule has 1 fully saturated rings. The molecule has 1 aliphatic carbocycles. The van der Waals surface area contributed by atoms with Gasteiger partial charge in [-0.05, 0) is 24.2 Å². The summed E-state index contributed by atoms with van der Waals surface area (Å²) >= 11 is 0. The van der Waals surface area contributed by atoms with E-state index in [9.17, 15) is 9.59 Å². The molecule has 0 heterocycles. The zero-order valence-electron chi connectivity index (χ0n) is 11.0. The van der Waals surface area contributed by atoms with Gasteiger partial charge in [0.25, 0.3) is 0 Å². The Morgan fingerprint density at radius 1 is 1.41 bits per heavy atom. The summed E-state index contributed by atoms with van der Waals surface area (Å²) in [6.45, 7) is 6.11. The van der Waals surface area contributed by atoms with Crippen LogP contribution in [0.1, 0.15) is 33.6 Å². The third-order valence-electron chi connectivity index (χ3n) is 2.96. The van der Waals surface area contributed by atoms with Crippen molar-refractivity contribution in [3.8, 4) is 0 Å². The highest BCUT2D eigenvalue weighted by molar-refractivity contribution is 5.83. The number of rotatable bonds is 4. The van der Waals surface area contributed by atoms with E-state index < -0.39 is 17.4 Å². The van der Waals surface area contributed by atoms with E-state index in [0.717, 1.165) is 0 Å². The fourth-order valence-electron chi connectivity index (χ4n) is 1.65. The van der Waals surface area contributed by atoms with Crippen LogP contribution in [0.3, 0.4) is 0 Å². The molecule has 5 heteroatoms. The van der Waals surface area contributed by atoms with Crippen LogP contribution in [0.4, 0.5) is 4.79 Å². The lowest BCUT2D eigenvalue weighted by molar-refractivity contribution is -0.142. The molecule has 0 aromatic heterocycles. The lowest BCUT2D eigenvalue weighted by Crippen LogP contribution is -2.52. The molecule has 0 aromatic rings. The number of amides is 2. The highest BCUT2D eigenvalue weighted by Crippen LogP contribution is 2.29. The molecule has 1 aliphatic rings. The van der Waals surface area contributed by atoms with Crippen LogP contribution >= 0.6 is 0 Å². The first-order chi connectivity index (χ1) is 7.71. The monoisotopic (exact) mass is 242 g/mol. The quantitative estimate of drug-likeness (QED) is 0.785. The van der Waals surface area contributed by atoms with Crippen molar-refractivity contribution in [2.45, 2.75) is 39.7 Å². The van der Waals surface area contributed by atoms with Crippen LogP contribution in [-0.4, -0.2) is 41.6 Å². The Bertz CT molecular complexity index is 305. The summed E-state index contributed by atoms with van der Waals surface area (Å²) in [5, 5.41) is 11.7. The Morgan fingerprint density at radius 3 is 2.29 bits per heavy atom. The first-order valence-electron chi connectivity index (χ1n) is 5.96. The van der Waals surface area contributed by atoms with Gasteiger partial charge in [-0.2, -0.15) is 0 Å². The summed E-state index contributed by atoms with van der Waals surface area (Å²) in [6.07, 6.45) is 2.33. The molecule has 2 N–H and O–H groups in total. The molecule has 17 heavy (non-hydrogen) atoms. The van der Waals surface area contributed by atoms with Crippen molar-refractivity contribution in [1.29, 1.82) is 0 Å². The van der Waals surface area contributed by atoms with Crippen molar-refractivity contribution >= 4 is 12.0 Å². The number of nitrogens with zero attached hydrogens (tertiary/aromatic N) is 1. The van der Waals surface area contributed by atoms with Gasteiger partial charge in [-0.1, -0.05) is 20.8 Å². The van der Waals surface area contributed by atoms with Gasteiger partial charge < -0.3 is 15.3 Å². The number of hydrogen-bond acceptors (Lipinski definition) is 2. The third-order valence-corrected chi connectivity index (χ3v) is 2.96. The number of nitrogens with one attached hydrogen (secondary N) is 1. The van der Waals surface area contributed by atoms with Crippen LogP contribution in [0.5, 0.6) is 0 Å². The van der Waals surface area contributed by atoms with Crippen LogP contribution in [0.25, 0.3) is 0 Å². The van der Waals surface area contributed by atoms with Crippen molar-refractivity contribution in [2.24, 2.45) is 11.3 Å². The number of hydrogen-bond donors (Lipinski definition) is 2. The van der Waals surface area contributed by atoms with E-state index in [1.807, 2.05) is 0 Å². The average molecular weight is 242 g/mol. The van der Waals surface area contributed by atoms with Gasteiger partial charge in [0.15, 0.2) is 0 Å². The summed E-state index contributed by atoms with van der Waals surface area (Å²) in [4.78, 5) is 24.5. The van der Waals surface area contributed by atoms with E-state index in [-0.39, 0.29) is 6.03 Å². The maximum absolute atomic E-state index is 11.8. The van der Waals surface area contributed by atoms with Crippen LogP contribution in [0, 0.1) is 11.3 Å². The zero-order valence-corrected chi connectivity index (χ0v) is 11.0. The standard InChI is InChI=1S/C12H22N2O3/c1-12(2,3)9(10(15)16)13-11(17)14(4)7-8-5-6-8/h8-9H,5-7H2,1-4H3,(H,13,17)(H,15,16). The van der Waals surface area contributed by atoms with Crippen LogP contribution in [0.15, 0.2) is 0 Å². The molecule has 1 unspecified atom stereocenters. The smallest absolute Gasteiger partial charge is 0.326 e. The van der Waals surface area contributed by atoms with Gasteiger partial charge in [-0.15, -0.1) is 0 Å². The molecule has 5 nitrogen and oxygen atoms in total. The largest absolute Gasteiger partial charge is 0.480 e. The molecule has 1 rings (SSSR count). The minimum atomic E-state index is -0.995. The first kappa shape index (κ1) is 13.8. The summed E-state index contributed by atoms with van der Waals surface area (Å²) in [6, 6.07) is -1.17. The van der Waals surface area contributed by atoms with Crippen molar-refractivity contribution in [3.05, 3.63) is 0 Å². The molecular formula is C12H22N2O3. The second-order valence-electron chi connectivity index (χ2n) is 5.91. The molecule has 0 spiro atoms. The maximum atomic E-state index is 11.8. The zero-order chi connectivity index (χ0) is 13.2. The fraction of sp³-hybridized carbons (Fsp3) is 0.833. The molecular weight excluding hydrogens is 220 g/mol. The van der Waals surface area contributed by atoms with Crippen LogP contribution < -0.4 is 5.32 Å². The molecule has 0 aliphatic heterocycles. The van der Waals surface area contributed by atoms with Crippen molar-refractivity contribution < 1.29 is 14.7 Å². The molecule has 2 amide bonds. The van der Waals surface area contributed by atoms with E-state index in [0.29, 0.717) is 12.5 Å². The number of urea groups is 1. The topological polar surface area (TPSA) is 69.6 Å². The normalized spacial score (nSPS) is 17.4. The number of carboxylic acid groups (broad SMARTS) is 1. The van der Waals surface area contributed by atoms with E-state index in [1.54, 1.807) is 32.7 Å². The molecule has 98 valence electrons. The van der Waals surface area contributed by atoms with Crippen molar-refractivity contribution in [3.63, 3.8) is 0 Å². The number of aliphatic carboxylic acids is 1. The summed E-state index contributed by atoms with van der Waals surface area (Å²) in [5.41, 5.74) is -0.498. The summed E-state index contributed by atoms with van der Waals surface area (Å²) in [5.74, 6) is -0.394. The highest BCUT2D eigenvalue weighted by Gasteiger charge is 2.34. The van der Waals surface area contributed by atoms with Gasteiger partial charge in [0.05, 0.1) is 0 Å². The lowest BCUT2D eigenvalue weighted by atomic mass is 9.87. The van der Waals surface area contributed by atoms with Crippen LogP contribution in [-0.2, 0) is 4.79 Å². The first-order valence-corrected chi connectivity index (χ1v) is 5.96. The van der Waals surface area contributed by atoms with E-state index in [4.69, 9.17) is 5.11 Å². The van der Waals surface area contributed by atoms with Gasteiger partial charge in [0, 0.05) is 13.6 Å². The van der Waals surface area contributed by atoms with Crippen molar-refractivity contribution in [2.75, 3.05) is 13.6 Å². The molecule has 0 aromatic carbocycles. The van der Waals surface area contributed by atoms with E-state index in [1.165, 1.54) is 12.8 Å². The summed E-state index contributed by atoms with van der Waals surface area (Å²) in [7, 11) is 1.70. The fourth-order valence-corrected chi connectivity index (χ4v) is 1.65. The molecule has 1 saturated carbocycles. The Balaban J connectivity index is 2.53. The Morgan fingerprint density at radius 2 is 1.94 bits per heavy atom. The molecule has 0 saturated heterocycles. The number of carbonyl (C=O) groups is 2. The highest BCUT2D eigenvalue weighted by atomic mass is 16.4. The summed E-state index contributed by atoms with van der Waals surface area (Å²) < 4.78 is 0. The van der Waals surface area contributed by atoms with Gasteiger partial charge in [0.1, 0.15) is 6.04 Å². The average Bonchev–Trinajstić information content (AvgIpc) is 2.94. The van der Waals surface area contributed by atoms with Crippen molar-refractivity contribution in [1.82, 2.24) is 10.2 Å². The third kappa shape index (κ3) is 4.24. The molecule has 0 radical (unpaired) electrons. The van der Waals surface area contributed by atoms with E-state index in [2.05, 4.69) is 5.32 Å².